The smallest absolute Gasteiger partial charge is 0.376 e. The minimum atomic E-state index is -4.96. The van der Waals surface area contributed by atoms with Gasteiger partial charge in [-0.15, -0.1) is 0 Å². The zero-order valence-corrected chi connectivity index (χ0v) is 22.1. The molecule has 0 bridgehead atoms. The van der Waals surface area contributed by atoms with Gasteiger partial charge in [0.2, 0.25) is 5.91 Å². The molecule has 39 heavy (non-hydrogen) atoms. The van der Waals surface area contributed by atoms with Crippen molar-refractivity contribution in [2.45, 2.75) is 74.6 Å². The molecule has 2 aromatic carbocycles. The van der Waals surface area contributed by atoms with Crippen molar-refractivity contribution in [2.24, 2.45) is 17.6 Å². The second kappa shape index (κ2) is 10.5. The third-order valence-electron chi connectivity index (χ3n) is 7.86. The molecule has 0 spiro atoms. The number of primary amides is 1. The van der Waals surface area contributed by atoms with E-state index in [4.69, 9.17) is 5.73 Å². The molecule has 1 aliphatic carbocycles. The largest absolute Gasteiger partial charge is 0.421 e. The Bertz CT molecular complexity index is 1360. The average Bonchev–Trinajstić information content (AvgIpc) is 3.31. The van der Waals surface area contributed by atoms with E-state index in [-0.39, 0.29) is 53.5 Å². The van der Waals surface area contributed by atoms with Crippen LogP contribution in [0, 0.1) is 17.7 Å². The van der Waals surface area contributed by atoms with Crippen LogP contribution in [0.2, 0.25) is 0 Å². The fourth-order valence-corrected chi connectivity index (χ4v) is 7.35. The highest BCUT2D eigenvalue weighted by atomic mass is 32.2. The summed E-state index contributed by atoms with van der Waals surface area (Å²) in [5, 5.41) is 10.2. The van der Waals surface area contributed by atoms with Gasteiger partial charge in [0.1, 0.15) is 11.6 Å². The Morgan fingerprint density at radius 1 is 1.05 bits per heavy atom. The monoisotopic (exact) mass is 570 g/mol. The zero-order chi connectivity index (χ0) is 28.8. The number of halogens is 4. The quantitative estimate of drug-likeness (QED) is 0.458. The van der Waals surface area contributed by atoms with Gasteiger partial charge in [-0.25, -0.2) is 12.8 Å². The number of sulfonamides is 1. The zero-order valence-electron chi connectivity index (χ0n) is 21.2. The number of carbonyl (C=O) groups excluding carboxylic acids is 2. The standard InChI is InChI=1S/C27H30F4N2O5S/c1-26(36,27(29,30)31)18-6-12-24-17(13-18)5-9-20(15-21(34)14-16-3-2-4-23(16)25(32)35)33(24)39(37,38)22-10-7-19(28)8-11-22/h6-8,10-13,16,20,23,36H,2-5,9,14-15H2,1H3,(H2,32,35)/t16-,20+,23-,26?/m1/s1. The van der Waals surface area contributed by atoms with Crippen molar-refractivity contribution in [3.63, 3.8) is 0 Å². The number of aliphatic hydroxyl groups is 1. The van der Waals surface area contributed by atoms with Gasteiger partial charge in [0.25, 0.3) is 10.0 Å². The maximum atomic E-state index is 13.8. The second-order valence-electron chi connectivity index (χ2n) is 10.5. The molecule has 1 amide bonds. The molecule has 1 saturated carbocycles. The number of hydrogen-bond donors (Lipinski definition) is 2. The van der Waals surface area contributed by atoms with Gasteiger partial charge in [0.05, 0.1) is 16.6 Å². The van der Waals surface area contributed by atoms with Gasteiger partial charge in [-0.1, -0.05) is 18.6 Å². The number of ketones is 1. The first kappa shape index (κ1) is 29.0. The average molecular weight is 571 g/mol. The van der Waals surface area contributed by atoms with E-state index in [0.29, 0.717) is 19.8 Å². The summed E-state index contributed by atoms with van der Waals surface area (Å²) in [6.07, 6.45) is -2.77. The molecule has 4 atom stereocenters. The van der Waals surface area contributed by atoms with Gasteiger partial charge in [-0.2, -0.15) is 13.2 Å². The van der Waals surface area contributed by atoms with Gasteiger partial charge in [-0.05, 0) is 80.0 Å². The molecule has 0 aromatic heterocycles. The van der Waals surface area contributed by atoms with Gasteiger partial charge >= 0.3 is 6.18 Å². The number of alkyl halides is 3. The molecule has 212 valence electrons. The van der Waals surface area contributed by atoms with Gasteiger partial charge in [0.15, 0.2) is 5.60 Å². The molecular formula is C27H30F4N2O5S. The number of nitrogens with two attached hydrogens (primary N) is 1. The summed E-state index contributed by atoms with van der Waals surface area (Å²) in [6.45, 7) is 0.619. The minimum absolute atomic E-state index is 0.0643. The number of benzene rings is 2. The van der Waals surface area contributed by atoms with Gasteiger partial charge in [0, 0.05) is 18.8 Å². The molecule has 0 radical (unpaired) electrons. The normalized spacial score (nSPS) is 23.2. The maximum absolute atomic E-state index is 13.8. The molecule has 3 N–H and O–H groups in total. The minimum Gasteiger partial charge on any atom is -0.376 e. The van der Waals surface area contributed by atoms with Crippen LogP contribution in [0.3, 0.4) is 0 Å². The molecule has 1 fully saturated rings. The van der Waals surface area contributed by atoms with E-state index >= 15 is 0 Å². The predicted octanol–water partition coefficient (Wildman–Crippen LogP) is 4.36. The van der Waals surface area contributed by atoms with Crippen LogP contribution in [0.5, 0.6) is 0 Å². The number of amides is 1. The van der Waals surface area contributed by atoms with Crippen molar-refractivity contribution in [3.05, 3.63) is 59.4 Å². The molecular weight excluding hydrogens is 540 g/mol. The number of fused-ring (bicyclic) bond motifs is 1. The van der Waals surface area contributed by atoms with Crippen molar-refractivity contribution >= 4 is 27.4 Å². The third kappa shape index (κ3) is 5.67. The number of rotatable bonds is 8. The number of nitrogens with zero attached hydrogens (tertiary/aromatic N) is 1. The van der Waals surface area contributed by atoms with Crippen molar-refractivity contribution in [1.29, 1.82) is 0 Å². The molecule has 1 unspecified atom stereocenters. The first-order chi connectivity index (χ1) is 18.1. The fraction of sp³-hybridized carbons (Fsp3) is 0.481. The highest BCUT2D eigenvalue weighted by Crippen LogP contribution is 2.43. The van der Waals surface area contributed by atoms with E-state index in [9.17, 15) is 40.7 Å². The van der Waals surface area contributed by atoms with Crippen LogP contribution in [0.15, 0.2) is 47.4 Å². The highest BCUT2D eigenvalue weighted by molar-refractivity contribution is 7.92. The summed E-state index contributed by atoms with van der Waals surface area (Å²) in [4.78, 5) is 24.6. The molecule has 12 heteroatoms. The lowest BCUT2D eigenvalue weighted by Crippen LogP contribution is -2.45. The van der Waals surface area contributed by atoms with Crippen LogP contribution in [-0.2, 0) is 31.6 Å². The van der Waals surface area contributed by atoms with Crippen LogP contribution in [0.1, 0.15) is 56.6 Å². The van der Waals surface area contributed by atoms with Crippen molar-refractivity contribution in [3.8, 4) is 0 Å². The Labute approximate surface area is 224 Å². The molecule has 4 rings (SSSR count). The van der Waals surface area contributed by atoms with Crippen LogP contribution >= 0.6 is 0 Å². The lowest BCUT2D eigenvalue weighted by molar-refractivity contribution is -0.258. The van der Waals surface area contributed by atoms with Crippen LogP contribution < -0.4 is 10.0 Å². The lowest BCUT2D eigenvalue weighted by Gasteiger charge is -2.38. The van der Waals surface area contributed by atoms with E-state index in [1.807, 2.05) is 0 Å². The molecule has 1 aliphatic heterocycles. The topological polar surface area (TPSA) is 118 Å². The SMILES string of the molecule is CC(O)(c1ccc2c(c1)CC[C@@H](CC(=O)C[C@H]1CCC[C@H]1C(N)=O)N2S(=O)(=O)c1ccc(F)cc1)C(F)(F)F. The lowest BCUT2D eigenvalue weighted by atomic mass is 9.86. The predicted molar refractivity (Wildman–Crippen MR) is 135 cm³/mol. The van der Waals surface area contributed by atoms with Crippen molar-refractivity contribution in [1.82, 2.24) is 0 Å². The summed E-state index contributed by atoms with van der Waals surface area (Å²) in [7, 11) is -4.36. The van der Waals surface area contributed by atoms with E-state index in [1.165, 1.54) is 6.07 Å². The van der Waals surface area contributed by atoms with E-state index in [0.717, 1.165) is 47.1 Å². The van der Waals surface area contributed by atoms with Gasteiger partial charge in [-0.3, -0.25) is 13.9 Å². The van der Waals surface area contributed by atoms with E-state index < -0.39 is 51.0 Å². The number of aryl methyl sites for hydroxylation is 1. The first-order valence-corrected chi connectivity index (χ1v) is 14.1. The first-order valence-electron chi connectivity index (χ1n) is 12.7. The third-order valence-corrected chi connectivity index (χ3v) is 9.74. The van der Waals surface area contributed by atoms with E-state index in [1.54, 1.807) is 0 Å². The van der Waals surface area contributed by atoms with Gasteiger partial charge < -0.3 is 10.8 Å². The van der Waals surface area contributed by atoms with Crippen molar-refractivity contribution < 1.29 is 40.7 Å². The number of hydrogen-bond acceptors (Lipinski definition) is 5. The number of anilines is 1. The van der Waals surface area contributed by atoms with Crippen LogP contribution in [0.4, 0.5) is 23.2 Å². The Morgan fingerprint density at radius 3 is 2.33 bits per heavy atom. The summed E-state index contributed by atoms with van der Waals surface area (Å²) in [5.74, 6) is -2.01. The number of carbonyl (C=O) groups is 2. The molecule has 0 saturated heterocycles. The molecule has 2 aliphatic rings. The number of Topliss-reactive ketones (excluding diaryl/α,β-unsaturated/α-hetero) is 1. The summed E-state index contributed by atoms with van der Waals surface area (Å²) in [6, 6.07) is 6.60. The Morgan fingerprint density at radius 2 is 1.72 bits per heavy atom. The molecule has 1 heterocycles. The van der Waals surface area contributed by atoms with Crippen LogP contribution in [0.25, 0.3) is 0 Å². The maximum Gasteiger partial charge on any atom is 0.421 e. The Kier molecular flexibility index (Phi) is 7.83. The summed E-state index contributed by atoms with van der Waals surface area (Å²) >= 11 is 0. The highest BCUT2D eigenvalue weighted by Gasteiger charge is 2.51. The van der Waals surface area contributed by atoms with Crippen LogP contribution in [-0.4, -0.2) is 37.4 Å². The fourth-order valence-electron chi connectivity index (χ4n) is 5.63. The summed E-state index contributed by atoms with van der Waals surface area (Å²) in [5.41, 5.74) is 2.21. The Balaban J connectivity index is 1.70. The van der Waals surface area contributed by atoms with E-state index in [2.05, 4.69) is 0 Å². The second-order valence-corrected chi connectivity index (χ2v) is 12.3. The molecule has 2 aromatic rings. The summed E-state index contributed by atoms with van der Waals surface area (Å²) < 4.78 is 82.5. The Hall–Kier alpha value is -2.99. The van der Waals surface area contributed by atoms with Crippen molar-refractivity contribution in [2.75, 3.05) is 4.31 Å². The molecule has 7 nitrogen and oxygen atoms in total.